The van der Waals surface area contributed by atoms with Crippen molar-refractivity contribution in [2.45, 2.75) is 6.92 Å². The first kappa shape index (κ1) is 29.6. The zero-order valence-electron chi connectivity index (χ0n) is 25.7. The number of rotatable bonds is 7. The lowest BCUT2D eigenvalue weighted by atomic mass is 10.1. The maximum Gasteiger partial charge on any atom is 0.257 e. The van der Waals surface area contributed by atoms with Gasteiger partial charge in [-0.2, -0.15) is 5.10 Å². The van der Waals surface area contributed by atoms with Gasteiger partial charge in [-0.05, 0) is 74.1 Å². The van der Waals surface area contributed by atoms with E-state index in [-0.39, 0.29) is 29.0 Å². The number of aryl methyl sites for hydroxylation is 1. The van der Waals surface area contributed by atoms with Gasteiger partial charge in [0, 0.05) is 56.7 Å². The summed E-state index contributed by atoms with van der Waals surface area (Å²) in [5.74, 6) is 0.715. The third-order valence-electron chi connectivity index (χ3n) is 8.10. The number of ether oxygens (including phenoxy) is 1. The number of benzene rings is 3. The fraction of sp³-hybridized carbons (Fsp3) is 0.235. The molecule has 0 spiro atoms. The van der Waals surface area contributed by atoms with Crippen LogP contribution in [0, 0.1) is 6.92 Å². The first-order valence-corrected chi connectivity index (χ1v) is 14.7. The number of para-hydroxylation sites is 1. The summed E-state index contributed by atoms with van der Waals surface area (Å²) in [6.07, 6.45) is 1.46. The molecule has 1 aliphatic rings. The Morgan fingerprint density at radius 1 is 0.933 bits per heavy atom. The van der Waals surface area contributed by atoms with Gasteiger partial charge in [-0.15, -0.1) is 0 Å². The number of nitrogens with one attached hydrogen (secondary N) is 1. The number of H-pyrrole nitrogens is 1. The Bertz CT molecular complexity index is 1930. The molecule has 1 aliphatic heterocycles. The number of nitrogens with zero attached hydrogens (tertiary/aromatic N) is 5. The fourth-order valence-corrected chi connectivity index (χ4v) is 5.48. The number of carbonyl (C=O) groups excluding carboxylic acids is 3. The molecule has 1 saturated heterocycles. The number of hydrogen-bond donors (Lipinski definition) is 2. The lowest BCUT2D eigenvalue weighted by Crippen LogP contribution is -2.47. The largest absolute Gasteiger partial charge is 0.457 e. The summed E-state index contributed by atoms with van der Waals surface area (Å²) in [6.45, 7) is 4.96. The number of likely N-dealkylation sites (N-methyl/N-ethyl adjacent to an activating group) is 1. The number of ketones is 1. The van der Waals surface area contributed by atoms with Crippen LogP contribution in [0.5, 0.6) is 11.5 Å². The van der Waals surface area contributed by atoms with Crippen molar-refractivity contribution >= 4 is 34.3 Å². The SMILES string of the molecule is Cc1cc(Oc2ccccc2C(=O)N(C)C)ccc1-n1ncc(C(=O)c2cc3cc(C(=O)N4CCN(C)CC4)ccc3[nH]2)c1N. The van der Waals surface area contributed by atoms with Crippen LogP contribution in [-0.2, 0) is 0 Å². The zero-order chi connectivity index (χ0) is 31.8. The van der Waals surface area contributed by atoms with E-state index in [2.05, 4.69) is 15.0 Å². The molecule has 45 heavy (non-hydrogen) atoms. The van der Waals surface area contributed by atoms with E-state index in [1.165, 1.54) is 15.8 Å². The highest BCUT2D eigenvalue weighted by atomic mass is 16.5. The van der Waals surface area contributed by atoms with Crippen molar-refractivity contribution in [3.63, 3.8) is 0 Å². The minimum absolute atomic E-state index is 0.0114. The Kier molecular flexibility index (Phi) is 7.86. The van der Waals surface area contributed by atoms with Crippen LogP contribution < -0.4 is 10.5 Å². The number of amides is 2. The van der Waals surface area contributed by atoms with Crippen LogP contribution in [0.15, 0.2) is 72.9 Å². The van der Waals surface area contributed by atoms with Gasteiger partial charge in [0.2, 0.25) is 5.78 Å². The zero-order valence-corrected chi connectivity index (χ0v) is 25.7. The highest BCUT2D eigenvalue weighted by Crippen LogP contribution is 2.30. The van der Waals surface area contributed by atoms with Crippen LogP contribution in [0.3, 0.4) is 0 Å². The summed E-state index contributed by atoms with van der Waals surface area (Å²) >= 11 is 0. The molecule has 2 amide bonds. The van der Waals surface area contributed by atoms with Crippen molar-refractivity contribution in [3.8, 4) is 17.2 Å². The monoisotopic (exact) mass is 605 g/mol. The third-order valence-corrected chi connectivity index (χ3v) is 8.10. The second-order valence-electron chi connectivity index (χ2n) is 11.5. The molecule has 3 aromatic carbocycles. The average molecular weight is 606 g/mol. The number of nitrogen functional groups attached to an aromatic ring is 1. The van der Waals surface area contributed by atoms with E-state index in [0.717, 1.165) is 29.6 Å². The highest BCUT2D eigenvalue weighted by molar-refractivity contribution is 6.13. The second-order valence-corrected chi connectivity index (χ2v) is 11.5. The van der Waals surface area contributed by atoms with Crippen LogP contribution in [0.2, 0.25) is 0 Å². The molecule has 3 N–H and O–H groups in total. The van der Waals surface area contributed by atoms with E-state index in [0.29, 0.717) is 47.1 Å². The molecule has 0 saturated carbocycles. The van der Waals surface area contributed by atoms with E-state index in [1.54, 1.807) is 56.6 Å². The smallest absolute Gasteiger partial charge is 0.257 e. The van der Waals surface area contributed by atoms with Crippen molar-refractivity contribution in [1.82, 2.24) is 29.5 Å². The molecular formula is C34H35N7O4. The Morgan fingerprint density at radius 3 is 2.42 bits per heavy atom. The Labute approximate surface area is 260 Å². The van der Waals surface area contributed by atoms with Crippen LogP contribution >= 0.6 is 0 Å². The van der Waals surface area contributed by atoms with Gasteiger partial charge in [-0.3, -0.25) is 14.4 Å². The van der Waals surface area contributed by atoms with Crippen LogP contribution in [0.4, 0.5) is 5.82 Å². The minimum atomic E-state index is -0.304. The Hall–Kier alpha value is -5.42. The molecule has 1 fully saturated rings. The standard InChI is InChI=1S/C34H35N7O4/c1-21-17-24(45-30-8-6-5-7-25(30)34(44)38(2)3)10-12-29(21)41-32(35)26(20-36-41)31(42)28-19-23-18-22(9-11-27(23)37-28)33(43)40-15-13-39(4)14-16-40/h5-12,17-20,37H,13-16,35H2,1-4H3. The van der Waals surface area contributed by atoms with Gasteiger partial charge in [0.15, 0.2) is 0 Å². The quantitative estimate of drug-likeness (QED) is 0.264. The third kappa shape index (κ3) is 5.77. The summed E-state index contributed by atoms with van der Waals surface area (Å²) in [4.78, 5) is 48.0. The van der Waals surface area contributed by atoms with E-state index < -0.39 is 0 Å². The normalized spacial score (nSPS) is 13.6. The first-order chi connectivity index (χ1) is 21.6. The average Bonchev–Trinajstić information content (AvgIpc) is 3.64. The maximum atomic E-state index is 13.6. The molecule has 0 unspecified atom stereocenters. The molecule has 3 heterocycles. The lowest BCUT2D eigenvalue weighted by Gasteiger charge is -2.32. The number of nitrogens with two attached hydrogens (primary N) is 1. The Balaban J connectivity index is 1.21. The van der Waals surface area contributed by atoms with E-state index >= 15 is 0 Å². The molecular weight excluding hydrogens is 570 g/mol. The highest BCUT2D eigenvalue weighted by Gasteiger charge is 2.23. The summed E-state index contributed by atoms with van der Waals surface area (Å²) in [5, 5.41) is 5.19. The number of piperazine rings is 1. The van der Waals surface area contributed by atoms with E-state index in [4.69, 9.17) is 10.5 Å². The van der Waals surface area contributed by atoms with Crippen LogP contribution in [0.1, 0.15) is 42.3 Å². The van der Waals surface area contributed by atoms with Gasteiger partial charge >= 0.3 is 0 Å². The molecule has 5 aromatic rings. The summed E-state index contributed by atoms with van der Waals surface area (Å²) in [6, 6.07) is 19.6. The number of hydrogen-bond acceptors (Lipinski definition) is 7. The number of carbonyl (C=O) groups is 3. The molecule has 11 heteroatoms. The van der Waals surface area contributed by atoms with Crippen LogP contribution in [0.25, 0.3) is 16.6 Å². The van der Waals surface area contributed by atoms with Crippen molar-refractivity contribution < 1.29 is 19.1 Å². The predicted molar refractivity (Wildman–Crippen MR) is 172 cm³/mol. The van der Waals surface area contributed by atoms with Gasteiger partial charge in [0.25, 0.3) is 11.8 Å². The molecule has 230 valence electrons. The number of aromatic nitrogens is 3. The molecule has 0 radical (unpaired) electrons. The summed E-state index contributed by atoms with van der Waals surface area (Å²) < 4.78 is 7.60. The Morgan fingerprint density at radius 2 is 1.69 bits per heavy atom. The first-order valence-electron chi connectivity index (χ1n) is 14.7. The number of fused-ring (bicyclic) bond motifs is 1. The fourth-order valence-electron chi connectivity index (χ4n) is 5.48. The molecule has 2 aromatic heterocycles. The predicted octanol–water partition coefficient (Wildman–Crippen LogP) is 4.36. The lowest BCUT2D eigenvalue weighted by molar-refractivity contribution is 0.0664. The maximum absolute atomic E-state index is 13.6. The molecule has 0 bridgehead atoms. The van der Waals surface area contributed by atoms with Gasteiger partial charge < -0.3 is 30.2 Å². The van der Waals surface area contributed by atoms with Crippen LogP contribution in [-0.4, -0.2) is 94.4 Å². The van der Waals surface area contributed by atoms with Crippen molar-refractivity contribution in [2.75, 3.05) is 53.1 Å². The molecule has 6 rings (SSSR count). The van der Waals surface area contributed by atoms with Crippen molar-refractivity contribution in [3.05, 3.63) is 101 Å². The number of aromatic amines is 1. The van der Waals surface area contributed by atoms with Crippen molar-refractivity contribution in [2.24, 2.45) is 0 Å². The second kappa shape index (κ2) is 11.9. The summed E-state index contributed by atoms with van der Waals surface area (Å²) in [7, 11) is 5.43. The molecule has 0 aliphatic carbocycles. The van der Waals surface area contributed by atoms with E-state index in [1.807, 2.05) is 43.1 Å². The number of anilines is 1. The van der Waals surface area contributed by atoms with Crippen molar-refractivity contribution in [1.29, 1.82) is 0 Å². The minimum Gasteiger partial charge on any atom is -0.457 e. The topological polar surface area (TPSA) is 130 Å². The molecule has 0 atom stereocenters. The van der Waals surface area contributed by atoms with E-state index in [9.17, 15) is 14.4 Å². The summed E-state index contributed by atoms with van der Waals surface area (Å²) in [5.41, 5.74) is 10.4. The molecule has 11 nitrogen and oxygen atoms in total. The van der Waals surface area contributed by atoms with Gasteiger partial charge in [-0.25, -0.2) is 4.68 Å². The van der Waals surface area contributed by atoms with Gasteiger partial charge in [-0.1, -0.05) is 12.1 Å². The van der Waals surface area contributed by atoms with Gasteiger partial charge in [0.05, 0.1) is 28.7 Å². The van der Waals surface area contributed by atoms with Gasteiger partial charge in [0.1, 0.15) is 17.3 Å².